The third-order valence-corrected chi connectivity index (χ3v) is 2.11. The standard InChI is InChI=1S/C9H10N2O4S/c12-9(15-11(13)14)8(6-16)10-7-4-2-1-3-5-7/h1-5,8,10,16H,6H2/t8-/m0/s1. The fourth-order valence-electron chi connectivity index (χ4n) is 1.05. The highest BCUT2D eigenvalue weighted by Gasteiger charge is 2.20. The lowest BCUT2D eigenvalue weighted by Gasteiger charge is -2.14. The molecule has 16 heavy (non-hydrogen) atoms. The largest absolute Gasteiger partial charge is 0.373 e. The summed E-state index contributed by atoms with van der Waals surface area (Å²) in [5.41, 5.74) is 0.668. The predicted octanol–water partition coefficient (Wildman–Crippen LogP) is 1.13. The summed E-state index contributed by atoms with van der Waals surface area (Å²) >= 11 is 3.92. The number of carbonyl (C=O) groups is 1. The molecule has 0 aliphatic rings. The molecule has 1 N–H and O–H groups in total. The molecule has 0 aromatic heterocycles. The summed E-state index contributed by atoms with van der Waals surface area (Å²) < 4.78 is 0. The number of nitrogens with zero attached hydrogens (tertiary/aromatic N) is 1. The Hall–Kier alpha value is -1.76. The second-order valence-corrected chi connectivity index (χ2v) is 3.24. The van der Waals surface area contributed by atoms with E-state index in [2.05, 4.69) is 22.8 Å². The number of hydrogen-bond acceptors (Lipinski definition) is 6. The number of thiol groups is 1. The lowest BCUT2D eigenvalue weighted by molar-refractivity contribution is -0.729. The van der Waals surface area contributed by atoms with Crippen LogP contribution < -0.4 is 5.32 Å². The van der Waals surface area contributed by atoms with Crippen LogP contribution in [-0.2, 0) is 9.63 Å². The second kappa shape index (κ2) is 5.96. The summed E-state index contributed by atoms with van der Waals surface area (Å²) in [5, 5.41) is 11.6. The maximum Gasteiger partial charge on any atom is 0.326 e. The van der Waals surface area contributed by atoms with E-state index in [0.717, 1.165) is 0 Å². The Morgan fingerprint density at radius 2 is 2.12 bits per heavy atom. The van der Waals surface area contributed by atoms with Crippen molar-refractivity contribution in [3.63, 3.8) is 0 Å². The van der Waals surface area contributed by atoms with Gasteiger partial charge >= 0.3 is 11.1 Å². The zero-order valence-corrected chi connectivity index (χ0v) is 9.09. The van der Waals surface area contributed by atoms with E-state index in [9.17, 15) is 14.9 Å². The Balaban J connectivity index is 2.62. The van der Waals surface area contributed by atoms with Gasteiger partial charge in [-0.25, -0.2) is 4.84 Å². The monoisotopic (exact) mass is 242 g/mol. The van der Waals surface area contributed by atoms with Gasteiger partial charge in [-0.3, -0.25) is 4.79 Å². The smallest absolute Gasteiger partial charge is 0.326 e. The van der Waals surface area contributed by atoms with Crippen molar-refractivity contribution in [3.05, 3.63) is 40.4 Å². The van der Waals surface area contributed by atoms with Crippen LogP contribution in [0.3, 0.4) is 0 Å². The van der Waals surface area contributed by atoms with Crippen molar-refractivity contribution in [2.75, 3.05) is 11.1 Å². The van der Waals surface area contributed by atoms with Gasteiger partial charge in [0.05, 0.1) is 0 Å². The van der Waals surface area contributed by atoms with Gasteiger partial charge in [0, 0.05) is 11.4 Å². The molecule has 0 amide bonds. The number of rotatable bonds is 5. The summed E-state index contributed by atoms with van der Waals surface area (Å²) in [5.74, 6) is -0.870. The summed E-state index contributed by atoms with van der Waals surface area (Å²) in [4.78, 5) is 25.1. The molecule has 0 aliphatic heterocycles. The average molecular weight is 242 g/mol. The molecule has 86 valence electrons. The van der Waals surface area contributed by atoms with Crippen molar-refractivity contribution in [2.45, 2.75) is 6.04 Å². The van der Waals surface area contributed by atoms with Crippen LogP contribution in [0.1, 0.15) is 0 Å². The fourth-order valence-corrected chi connectivity index (χ4v) is 1.29. The van der Waals surface area contributed by atoms with Crippen molar-refractivity contribution in [1.29, 1.82) is 0 Å². The number of anilines is 1. The summed E-state index contributed by atoms with van der Waals surface area (Å²) in [6.07, 6.45) is 0. The lowest BCUT2D eigenvalue weighted by Crippen LogP contribution is -2.34. The molecule has 0 radical (unpaired) electrons. The number of para-hydroxylation sites is 1. The van der Waals surface area contributed by atoms with Crippen molar-refractivity contribution >= 4 is 24.3 Å². The highest BCUT2D eigenvalue weighted by molar-refractivity contribution is 7.80. The molecule has 0 unspecified atom stereocenters. The number of hydrogen-bond donors (Lipinski definition) is 2. The van der Waals surface area contributed by atoms with E-state index in [4.69, 9.17) is 0 Å². The summed E-state index contributed by atoms with van der Waals surface area (Å²) in [7, 11) is 0. The first kappa shape index (κ1) is 12.3. The van der Waals surface area contributed by atoms with E-state index < -0.39 is 17.1 Å². The molecule has 0 bridgehead atoms. The number of benzene rings is 1. The van der Waals surface area contributed by atoms with Crippen LogP contribution in [0.5, 0.6) is 0 Å². The Kier molecular flexibility index (Phi) is 4.59. The predicted molar refractivity (Wildman–Crippen MR) is 60.8 cm³/mol. The third-order valence-electron chi connectivity index (χ3n) is 1.75. The normalized spacial score (nSPS) is 11.6. The van der Waals surface area contributed by atoms with Crippen molar-refractivity contribution in [1.82, 2.24) is 0 Å². The molecule has 0 saturated carbocycles. The molecule has 1 aromatic carbocycles. The van der Waals surface area contributed by atoms with Gasteiger partial charge in [-0.05, 0) is 12.1 Å². The number of nitrogens with one attached hydrogen (secondary N) is 1. The topological polar surface area (TPSA) is 81.5 Å². The van der Waals surface area contributed by atoms with Crippen LogP contribution >= 0.6 is 12.6 Å². The molecule has 0 aliphatic carbocycles. The molecule has 0 saturated heterocycles. The summed E-state index contributed by atoms with van der Waals surface area (Å²) in [6.45, 7) is 0. The second-order valence-electron chi connectivity index (χ2n) is 2.88. The maximum atomic E-state index is 11.2. The van der Waals surface area contributed by atoms with Crippen molar-refractivity contribution < 1.29 is 14.7 Å². The Labute approximate surface area is 97.1 Å². The van der Waals surface area contributed by atoms with Crippen LogP contribution in [0.2, 0.25) is 0 Å². The highest BCUT2D eigenvalue weighted by atomic mass is 32.1. The van der Waals surface area contributed by atoms with Gasteiger partial charge in [0.2, 0.25) is 0 Å². The van der Waals surface area contributed by atoms with Gasteiger partial charge in [-0.15, -0.1) is 10.1 Å². The average Bonchev–Trinajstić information content (AvgIpc) is 2.26. The van der Waals surface area contributed by atoms with Gasteiger partial charge in [-0.1, -0.05) is 18.2 Å². The first-order chi connectivity index (χ1) is 7.63. The first-order valence-corrected chi connectivity index (χ1v) is 5.05. The minimum Gasteiger partial charge on any atom is -0.373 e. The summed E-state index contributed by atoms with van der Waals surface area (Å²) in [6, 6.07) is 7.98. The van der Waals surface area contributed by atoms with Crippen LogP contribution in [0, 0.1) is 10.1 Å². The maximum absolute atomic E-state index is 11.2. The van der Waals surface area contributed by atoms with E-state index in [0.29, 0.717) is 5.69 Å². The zero-order chi connectivity index (χ0) is 12.0. The van der Waals surface area contributed by atoms with Gasteiger partial charge < -0.3 is 5.32 Å². The third kappa shape index (κ3) is 3.77. The molecule has 6 nitrogen and oxygen atoms in total. The lowest BCUT2D eigenvalue weighted by atomic mass is 10.2. The molecular formula is C9H10N2O4S. The van der Waals surface area contributed by atoms with E-state index in [1.165, 1.54) is 0 Å². The quantitative estimate of drug-likeness (QED) is 0.459. The zero-order valence-electron chi connectivity index (χ0n) is 8.20. The van der Waals surface area contributed by atoms with Crippen LogP contribution in [0.4, 0.5) is 5.69 Å². The van der Waals surface area contributed by atoms with Crippen LogP contribution in [-0.4, -0.2) is 22.9 Å². The first-order valence-electron chi connectivity index (χ1n) is 4.42. The Morgan fingerprint density at radius 1 is 1.50 bits per heavy atom. The minimum absolute atomic E-state index is 0.0988. The Bertz CT molecular complexity index is 371. The molecule has 1 aromatic rings. The molecule has 0 fully saturated rings. The van der Waals surface area contributed by atoms with E-state index in [-0.39, 0.29) is 5.75 Å². The number of carbonyl (C=O) groups excluding carboxylic acids is 1. The molecular weight excluding hydrogens is 232 g/mol. The minimum atomic E-state index is -1.13. The fraction of sp³-hybridized carbons (Fsp3) is 0.222. The van der Waals surface area contributed by atoms with Gasteiger partial charge in [-0.2, -0.15) is 12.6 Å². The molecule has 1 rings (SSSR count). The van der Waals surface area contributed by atoms with Gasteiger partial charge in [0.25, 0.3) is 0 Å². The van der Waals surface area contributed by atoms with E-state index in [1.807, 2.05) is 6.07 Å². The van der Waals surface area contributed by atoms with Crippen molar-refractivity contribution in [3.8, 4) is 0 Å². The van der Waals surface area contributed by atoms with Crippen LogP contribution in [0.15, 0.2) is 30.3 Å². The van der Waals surface area contributed by atoms with Gasteiger partial charge in [0.15, 0.2) is 0 Å². The SMILES string of the molecule is O=C(O[N+](=O)[O-])[C@H](CS)Nc1ccccc1. The molecule has 0 heterocycles. The Morgan fingerprint density at radius 3 is 2.62 bits per heavy atom. The van der Waals surface area contributed by atoms with E-state index >= 15 is 0 Å². The molecule has 1 atom stereocenters. The van der Waals surface area contributed by atoms with Gasteiger partial charge in [0.1, 0.15) is 6.04 Å². The van der Waals surface area contributed by atoms with Crippen LogP contribution in [0.25, 0.3) is 0 Å². The van der Waals surface area contributed by atoms with Crippen molar-refractivity contribution in [2.24, 2.45) is 0 Å². The van der Waals surface area contributed by atoms with E-state index in [1.54, 1.807) is 24.3 Å². The molecule has 7 heteroatoms. The molecule has 0 spiro atoms. The highest BCUT2D eigenvalue weighted by Crippen LogP contribution is 2.08.